The summed E-state index contributed by atoms with van der Waals surface area (Å²) in [4.78, 5) is 0. The van der Waals surface area contributed by atoms with Crippen LogP contribution in [0.5, 0.6) is 0 Å². The highest BCUT2D eigenvalue weighted by Gasteiger charge is 2.37. The lowest BCUT2D eigenvalue weighted by Crippen LogP contribution is -2.37. The van der Waals surface area contributed by atoms with Gasteiger partial charge in [-0.15, -0.1) is 0 Å². The maximum Gasteiger partial charge on any atom is 0.404 e. The summed E-state index contributed by atoms with van der Waals surface area (Å²) in [6.07, 6.45) is -3.00. The van der Waals surface area contributed by atoms with E-state index in [1.54, 1.807) is 0 Å². The molecular weight excluding hydrogens is 243 g/mol. The lowest BCUT2D eigenvalue weighted by molar-refractivity contribution is -0.107. The van der Waals surface area contributed by atoms with E-state index in [1.165, 1.54) is 7.05 Å². The molecule has 3 nitrogen and oxygen atoms in total. The van der Waals surface area contributed by atoms with E-state index in [4.69, 9.17) is 0 Å². The van der Waals surface area contributed by atoms with Crippen LogP contribution in [-0.4, -0.2) is 38.2 Å². The zero-order chi connectivity index (χ0) is 13.0. The fourth-order valence-electron chi connectivity index (χ4n) is 1.45. The van der Waals surface area contributed by atoms with Crippen LogP contribution in [0.2, 0.25) is 0 Å². The largest absolute Gasteiger partial charge is 0.404 e. The number of sulfonamides is 1. The fourth-order valence-corrected chi connectivity index (χ4v) is 2.57. The molecule has 0 aromatic heterocycles. The van der Waals surface area contributed by atoms with Crippen molar-refractivity contribution in [3.63, 3.8) is 0 Å². The average molecular weight is 261 g/mol. The fraction of sp³-hybridized carbons (Fsp3) is 1.00. The van der Waals surface area contributed by atoms with Crippen LogP contribution in [0.3, 0.4) is 0 Å². The van der Waals surface area contributed by atoms with Crippen molar-refractivity contribution in [2.24, 2.45) is 5.92 Å². The number of halogens is 3. The molecule has 16 heavy (non-hydrogen) atoms. The molecule has 1 unspecified atom stereocenters. The minimum absolute atomic E-state index is 0.0676. The first kappa shape index (κ1) is 15.7. The van der Waals surface area contributed by atoms with Crippen LogP contribution in [0.25, 0.3) is 0 Å². The van der Waals surface area contributed by atoms with E-state index in [1.807, 2.05) is 13.8 Å². The monoisotopic (exact) mass is 261 g/mol. The summed E-state index contributed by atoms with van der Waals surface area (Å²) in [7, 11) is -3.04. The maximum atomic E-state index is 12.0. The summed E-state index contributed by atoms with van der Waals surface area (Å²) >= 11 is 0. The minimum atomic E-state index is -4.68. The molecule has 0 heterocycles. The van der Waals surface area contributed by atoms with Gasteiger partial charge in [-0.1, -0.05) is 20.3 Å². The topological polar surface area (TPSA) is 37.4 Å². The molecule has 0 bridgehead atoms. The Hall–Kier alpha value is -0.300. The van der Waals surface area contributed by atoms with Gasteiger partial charge in [0.15, 0.2) is 5.75 Å². The zero-order valence-electron chi connectivity index (χ0n) is 9.71. The number of hydrogen-bond donors (Lipinski definition) is 0. The third kappa shape index (κ3) is 6.32. The number of rotatable bonds is 6. The van der Waals surface area contributed by atoms with Gasteiger partial charge >= 0.3 is 6.18 Å². The molecule has 0 rings (SSSR count). The summed E-state index contributed by atoms with van der Waals surface area (Å²) in [6.45, 7) is 3.90. The highest BCUT2D eigenvalue weighted by atomic mass is 32.2. The third-order valence-corrected chi connectivity index (χ3v) is 3.96. The quantitative estimate of drug-likeness (QED) is 0.735. The number of alkyl halides is 3. The van der Waals surface area contributed by atoms with Crippen molar-refractivity contribution in [3.8, 4) is 0 Å². The van der Waals surface area contributed by atoms with Gasteiger partial charge in [0.1, 0.15) is 0 Å². The van der Waals surface area contributed by atoms with Crippen LogP contribution in [-0.2, 0) is 10.0 Å². The predicted molar refractivity (Wildman–Crippen MR) is 56.5 cm³/mol. The molecule has 0 saturated carbocycles. The van der Waals surface area contributed by atoms with Gasteiger partial charge in [0.2, 0.25) is 10.0 Å². The molecule has 0 radical (unpaired) electrons. The molecule has 0 aromatic rings. The Morgan fingerprint density at radius 3 is 2.19 bits per heavy atom. The molecule has 0 aliphatic rings. The van der Waals surface area contributed by atoms with Crippen molar-refractivity contribution in [2.75, 3.05) is 19.3 Å². The van der Waals surface area contributed by atoms with Gasteiger partial charge in [-0.2, -0.15) is 13.2 Å². The van der Waals surface area contributed by atoms with E-state index in [0.29, 0.717) is 0 Å². The molecule has 0 aromatic carbocycles. The van der Waals surface area contributed by atoms with Crippen LogP contribution < -0.4 is 0 Å². The first-order valence-electron chi connectivity index (χ1n) is 5.09. The van der Waals surface area contributed by atoms with E-state index >= 15 is 0 Å². The lowest BCUT2D eigenvalue weighted by atomic mass is 10.1. The highest BCUT2D eigenvalue weighted by molar-refractivity contribution is 7.89. The second-order valence-electron chi connectivity index (χ2n) is 4.05. The second-order valence-corrected chi connectivity index (χ2v) is 6.12. The Balaban J connectivity index is 4.42. The summed E-state index contributed by atoms with van der Waals surface area (Å²) in [6, 6.07) is 0. The maximum absolute atomic E-state index is 12.0. The predicted octanol–water partition coefficient (Wildman–Crippen LogP) is 2.25. The van der Waals surface area contributed by atoms with Gasteiger partial charge in [0.05, 0.1) is 0 Å². The Labute approximate surface area is 94.7 Å². The van der Waals surface area contributed by atoms with Gasteiger partial charge in [0, 0.05) is 13.6 Å². The van der Waals surface area contributed by atoms with Crippen LogP contribution in [0, 0.1) is 5.92 Å². The summed E-state index contributed by atoms with van der Waals surface area (Å²) in [5.41, 5.74) is 0. The van der Waals surface area contributed by atoms with E-state index in [0.717, 1.165) is 17.1 Å². The van der Waals surface area contributed by atoms with Gasteiger partial charge in [0.25, 0.3) is 0 Å². The summed E-state index contributed by atoms with van der Waals surface area (Å²) in [5, 5.41) is 0. The van der Waals surface area contributed by atoms with E-state index in [9.17, 15) is 21.6 Å². The molecule has 0 N–H and O–H groups in total. The van der Waals surface area contributed by atoms with Crippen molar-refractivity contribution in [3.05, 3.63) is 0 Å². The normalized spacial score (nSPS) is 15.4. The summed E-state index contributed by atoms with van der Waals surface area (Å²) in [5.74, 6) is -1.71. The van der Waals surface area contributed by atoms with Crippen LogP contribution in [0.1, 0.15) is 26.7 Å². The third-order valence-electron chi connectivity index (χ3n) is 2.17. The van der Waals surface area contributed by atoms with Gasteiger partial charge in [-0.05, 0) is 12.3 Å². The molecular formula is C9H18F3NO2S. The standard InChI is InChI=1S/C9H18F3NO2S/c1-4-5-8(2)6-13(3)16(14,15)7-9(10,11)12/h8H,4-7H2,1-3H3. The second kappa shape index (κ2) is 5.86. The molecule has 7 heteroatoms. The van der Waals surface area contributed by atoms with E-state index < -0.39 is 22.0 Å². The van der Waals surface area contributed by atoms with Gasteiger partial charge in [-0.25, -0.2) is 12.7 Å². The van der Waals surface area contributed by atoms with Crippen molar-refractivity contribution < 1.29 is 21.6 Å². The molecule has 98 valence electrons. The summed E-state index contributed by atoms with van der Waals surface area (Å²) < 4.78 is 59.3. The molecule has 0 spiro atoms. The van der Waals surface area contributed by atoms with Crippen molar-refractivity contribution in [1.29, 1.82) is 0 Å². The highest BCUT2D eigenvalue weighted by Crippen LogP contribution is 2.20. The molecule has 0 aliphatic carbocycles. The Morgan fingerprint density at radius 1 is 1.31 bits per heavy atom. The van der Waals surface area contributed by atoms with Gasteiger partial charge in [-0.3, -0.25) is 0 Å². The van der Waals surface area contributed by atoms with Crippen molar-refractivity contribution in [2.45, 2.75) is 32.9 Å². The number of hydrogen-bond acceptors (Lipinski definition) is 2. The Morgan fingerprint density at radius 2 is 1.81 bits per heavy atom. The first-order chi connectivity index (χ1) is 7.08. The van der Waals surface area contributed by atoms with Gasteiger partial charge < -0.3 is 0 Å². The molecule has 0 fully saturated rings. The SMILES string of the molecule is CCCC(C)CN(C)S(=O)(=O)CC(F)(F)F. The minimum Gasteiger partial charge on any atom is -0.212 e. The van der Waals surface area contributed by atoms with Crippen LogP contribution >= 0.6 is 0 Å². The average Bonchev–Trinajstić information content (AvgIpc) is 1.99. The van der Waals surface area contributed by atoms with Crippen molar-refractivity contribution in [1.82, 2.24) is 4.31 Å². The lowest BCUT2D eigenvalue weighted by Gasteiger charge is -2.21. The van der Waals surface area contributed by atoms with Crippen LogP contribution in [0.15, 0.2) is 0 Å². The van der Waals surface area contributed by atoms with E-state index in [-0.39, 0.29) is 12.5 Å². The first-order valence-corrected chi connectivity index (χ1v) is 6.70. The van der Waals surface area contributed by atoms with Crippen LogP contribution in [0.4, 0.5) is 13.2 Å². The Bertz CT molecular complexity index is 300. The van der Waals surface area contributed by atoms with E-state index in [2.05, 4.69) is 0 Å². The molecule has 0 aliphatic heterocycles. The Kier molecular flexibility index (Phi) is 5.75. The number of nitrogens with zero attached hydrogens (tertiary/aromatic N) is 1. The molecule has 0 amide bonds. The zero-order valence-corrected chi connectivity index (χ0v) is 10.5. The molecule has 1 atom stereocenters. The molecule has 0 saturated heterocycles. The smallest absolute Gasteiger partial charge is 0.212 e. The van der Waals surface area contributed by atoms with Crippen molar-refractivity contribution >= 4 is 10.0 Å².